The molecule has 49 heavy (non-hydrogen) atoms. The van der Waals surface area contributed by atoms with Crippen molar-refractivity contribution in [3.8, 4) is 0 Å². The maximum absolute atomic E-state index is 13.6. The second kappa shape index (κ2) is 17.6. The molecule has 0 bridgehead atoms. The summed E-state index contributed by atoms with van der Waals surface area (Å²) in [5.41, 5.74) is 3.39. The molecule has 3 aromatic rings. The molecule has 11 nitrogen and oxygen atoms in total. The van der Waals surface area contributed by atoms with Crippen LogP contribution in [0.15, 0.2) is 83.8 Å². The Balaban J connectivity index is 1.31. The van der Waals surface area contributed by atoms with E-state index < -0.39 is 34.0 Å². The summed E-state index contributed by atoms with van der Waals surface area (Å²) < 4.78 is 28.2. The smallest absolute Gasteiger partial charge is 0.326 e. The molecule has 0 spiro atoms. The van der Waals surface area contributed by atoms with Gasteiger partial charge in [-0.15, -0.1) is 0 Å². The number of sulfonamides is 1. The number of carboxylic acids is 1. The van der Waals surface area contributed by atoms with Gasteiger partial charge >= 0.3 is 5.97 Å². The number of ketones is 1. The maximum Gasteiger partial charge on any atom is 0.326 e. The second-order valence-corrected chi connectivity index (χ2v) is 14.4. The van der Waals surface area contributed by atoms with Crippen LogP contribution < -0.4 is 10.6 Å². The summed E-state index contributed by atoms with van der Waals surface area (Å²) in [5.74, 6) is -2.06. The standard InChI is InChI=1S/C37H44N4O7S/c1-26(38)9-4-2-7-12-31(42)23-28-14-16-29(17-15-28)24-33(37(45)46)40-36(44)34-13-8-22-41(34)49(47,48)32-20-18-30(19-21-32)39-35(43)25-27-10-5-3-6-11-27/h3,5-6,10-11,14-21,33-34,38H,2,4,7-9,12-13,22-25H2,1H3,(H,39,43)(H,40,44)(H,45,46)/t33-,34-/m0/s1. The number of carbonyl (C=O) groups excluding carboxylic acids is 3. The molecule has 4 rings (SSSR count). The van der Waals surface area contributed by atoms with E-state index in [1.165, 1.54) is 24.3 Å². The number of nitrogens with one attached hydrogen (secondary N) is 3. The van der Waals surface area contributed by atoms with E-state index in [1.54, 1.807) is 31.2 Å². The van der Waals surface area contributed by atoms with Crippen molar-refractivity contribution in [2.45, 2.75) is 88.1 Å². The Labute approximate surface area is 287 Å². The predicted molar refractivity (Wildman–Crippen MR) is 187 cm³/mol. The van der Waals surface area contributed by atoms with Crippen molar-refractivity contribution in [1.82, 2.24) is 9.62 Å². The number of aliphatic carboxylic acids is 1. The molecule has 1 heterocycles. The van der Waals surface area contributed by atoms with Gasteiger partial charge in [-0.2, -0.15) is 4.31 Å². The van der Waals surface area contributed by atoms with Gasteiger partial charge in [-0.1, -0.05) is 61.0 Å². The quantitative estimate of drug-likeness (QED) is 0.108. The molecule has 2 amide bonds. The minimum absolute atomic E-state index is 0.0152. The molecular formula is C37H44N4O7S. The number of unbranched alkanes of at least 4 members (excludes halogenated alkanes) is 2. The summed E-state index contributed by atoms with van der Waals surface area (Å²) in [4.78, 5) is 50.2. The van der Waals surface area contributed by atoms with Crippen molar-refractivity contribution in [2.75, 3.05) is 11.9 Å². The Kier molecular flexibility index (Phi) is 13.4. The maximum atomic E-state index is 13.6. The molecule has 0 saturated carbocycles. The minimum atomic E-state index is -4.09. The number of nitrogens with zero attached hydrogens (tertiary/aromatic N) is 1. The lowest BCUT2D eigenvalue weighted by molar-refractivity contribution is -0.142. The van der Waals surface area contributed by atoms with Crippen LogP contribution in [0.1, 0.15) is 68.6 Å². The van der Waals surface area contributed by atoms with Gasteiger partial charge in [0.2, 0.25) is 21.8 Å². The molecule has 260 valence electrons. The third-order valence-electron chi connectivity index (χ3n) is 8.44. The number of benzene rings is 3. The number of carboxylic acid groups (broad SMARTS) is 1. The Bertz CT molecular complexity index is 1730. The van der Waals surface area contributed by atoms with Crippen LogP contribution in [0.5, 0.6) is 0 Å². The van der Waals surface area contributed by atoms with Crippen LogP contribution in [0.2, 0.25) is 0 Å². The number of hydrogen-bond acceptors (Lipinski definition) is 7. The van der Waals surface area contributed by atoms with Gasteiger partial charge in [0.1, 0.15) is 17.9 Å². The molecule has 1 aliphatic rings. The first kappa shape index (κ1) is 37.1. The van der Waals surface area contributed by atoms with Crippen molar-refractivity contribution in [2.24, 2.45) is 0 Å². The molecule has 1 aliphatic heterocycles. The molecule has 0 aliphatic carbocycles. The van der Waals surface area contributed by atoms with Gasteiger partial charge in [0.15, 0.2) is 0 Å². The van der Waals surface area contributed by atoms with Gasteiger partial charge in [-0.05, 0) is 80.0 Å². The highest BCUT2D eigenvalue weighted by molar-refractivity contribution is 7.89. The lowest BCUT2D eigenvalue weighted by Gasteiger charge is -2.25. The lowest BCUT2D eigenvalue weighted by atomic mass is 10.00. The van der Waals surface area contributed by atoms with Gasteiger partial charge in [0.25, 0.3) is 0 Å². The molecule has 2 atom stereocenters. The first-order chi connectivity index (χ1) is 23.4. The van der Waals surface area contributed by atoms with Crippen molar-refractivity contribution < 1.29 is 32.7 Å². The summed E-state index contributed by atoms with van der Waals surface area (Å²) in [5, 5.41) is 22.7. The van der Waals surface area contributed by atoms with Crippen LogP contribution in [0.25, 0.3) is 0 Å². The fraction of sp³-hybridized carbons (Fsp3) is 0.378. The average molecular weight is 689 g/mol. The largest absolute Gasteiger partial charge is 0.480 e. The molecular weight excluding hydrogens is 644 g/mol. The number of hydrogen-bond donors (Lipinski definition) is 4. The number of anilines is 1. The van der Waals surface area contributed by atoms with Crippen LogP contribution in [-0.2, 0) is 48.5 Å². The van der Waals surface area contributed by atoms with E-state index in [-0.39, 0.29) is 48.8 Å². The molecule has 12 heteroatoms. The van der Waals surface area contributed by atoms with Gasteiger partial charge < -0.3 is 21.1 Å². The van der Waals surface area contributed by atoms with E-state index in [0.717, 1.165) is 41.1 Å². The van der Waals surface area contributed by atoms with E-state index in [0.29, 0.717) is 29.8 Å². The average Bonchev–Trinajstić information content (AvgIpc) is 3.57. The van der Waals surface area contributed by atoms with Crippen LogP contribution in [-0.4, -0.2) is 65.7 Å². The van der Waals surface area contributed by atoms with Crippen LogP contribution in [0.4, 0.5) is 5.69 Å². The molecule has 1 saturated heterocycles. The Hall–Kier alpha value is -4.68. The van der Waals surface area contributed by atoms with Gasteiger partial charge in [-0.3, -0.25) is 14.4 Å². The van der Waals surface area contributed by atoms with Crippen LogP contribution in [0, 0.1) is 5.41 Å². The Morgan fingerprint density at radius 3 is 2.14 bits per heavy atom. The van der Waals surface area contributed by atoms with E-state index in [1.807, 2.05) is 30.3 Å². The molecule has 3 aromatic carbocycles. The van der Waals surface area contributed by atoms with Gasteiger partial charge in [0, 0.05) is 37.2 Å². The van der Waals surface area contributed by atoms with E-state index in [4.69, 9.17) is 5.41 Å². The van der Waals surface area contributed by atoms with Crippen molar-refractivity contribution in [3.63, 3.8) is 0 Å². The lowest BCUT2D eigenvalue weighted by Crippen LogP contribution is -2.51. The van der Waals surface area contributed by atoms with Crippen molar-refractivity contribution in [3.05, 3.63) is 95.6 Å². The van der Waals surface area contributed by atoms with E-state index >= 15 is 0 Å². The summed E-state index contributed by atoms with van der Waals surface area (Å²) in [6, 6.07) is 19.6. The zero-order chi connectivity index (χ0) is 35.4. The summed E-state index contributed by atoms with van der Waals surface area (Å²) in [6.45, 7) is 1.89. The first-order valence-corrected chi connectivity index (χ1v) is 18.0. The topological polar surface area (TPSA) is 174 Å². The van der Waals surface area contributed by atoms with E-state index in [2.05, 4.69) is 10.6 Å². The van der Waals surface area contributed by atoms with Gasteiger partial charge in [0.05, 0.1) is 11.3 Å². The zero-order valence-corrected chi connectivity index (χ0v) is 28.5. The highest BCUT2D eigenvalue weighted by Crippen LogP contribution is 2.27. The fourth-order valence-electron chi connectivity index (χ4n) is 5.82. The normalized spacial score (nSPS) is 15.3. The zero-order valence-electron chi connectivity index (χ0n) is 27.7. The predicted octanol–water partition coefficient (Wildman–Crippen LogP) is 4.93. The highest BCUT2D eigenvalue weighted by atomic mass is 32.2. The molecule has 0 unspecified atom stereocenters. The van der Waals surface area contributed by atoms with Gasteiger partial charge in [-0.25, -0.2) is 13.2 Å². The van der Waals surface area contributed by atoms with Crippen LogP contribution in [0.3, 0.4) is 0 Å². The molecule has 0 radical (unpaired) electrons. The minimum Gasteiger partial charge on any atom is -0.480 e. The van der Waals surface area contributed by atoms with E-state index in [9.17, 15) is 32.7 Å². The first-order valence-electron chi connectivity index (χ1n) is 16.5. The molecule has 0 aromatic heterocycles. The Morgan fingerprint density at radius 1 is 0.857 bits per heavy atom. The molecule has 4 N–H and O–H groups in total. The summed E-state index contributed by atoms with van der Waals surface area (Å²) >= 11 is 0. The number of amides is 2. The highest BCUT2D eigenvalue weighted by Gasteiger charge is 2.40. The SMILES string of the molecule is CC(=N)CCCCCC(=O)Cc1ccc(C[C@H](NC(=O)[C@@H]2CCCN2S(=O)(=O)c2ccc(NC(=O)Cc3ccccc3)cc2)C(=O)O)cc1. The third-order valence-corrected chi connectivity index (χ3v) is 10.4. The number of rotatable bonds is 18. The van der Waals surface area contributed by atoms with Crippen molar-refractivity contribution in [1.29, 1.82) is 5.41 Å². The fourth-order valence-corrected chi connectivity index (χ4v) is 7.48. The Morgan fingerprint density at radius 2 is 1.49 bits per heavy atom. The number of Topliss-reactive ketones (excluding diaryl/α,β-unsaturated/α-hetero) is 1. The van der Waals surface area contributed by atoms with Crippen LogP contribution >= 0.6 is 0 Å². The van der Waals surface area contributed by atoms with Crippen molar-refractivity contribution >= 4 is 45.0 Å². The summed E-state index contributed by atoms with van der Waals surface area (Å²) in [7, 11) is -4.09. The third kappa shape index (κ3) is 11.2. The monoisotopic (exact) mass is 688 g/mol. The summed E-state index contributed by atoms with van der Waals surface area (Å²) in [6.07, 6.45) is 4.92. The number of carbonyl (C=O) groups is 4. The molecule has 1 fully saturated rings. The second-order valence-electron chi connectivity index (χ2n) is 12.5.